The molecule has 0 atom stereocenters. The van der Waals surface area contributed by atoms with Gasteiger partial charge in [-0.15, -0.1) is 0 Å². The Kier molecular flexibility index (Phi) is 19.3. The summed E-state index contributed by atoms with van der Waals surface area (Å²) in [5.41, 5.74) is 1.17. The summed E-state index contributed by atoms with van der Waals surface area (Å²) in [5, 5.41) is 8.23. The molecule has 27 heavy (non-hydrogen) atoms. The van der Waals surface area contributed by atoms with Crippen LogP contribution in [0, 0.1) is 5.92 Å². The fourth-order valence-electron chi connectivity index (χ4n) is 1.34. The molecule has 5 nitrogen and oxygen atoms in total. The molecule has 0 spiro atoms. The zero-order valence-corrected chi connectivity index (χ0v) is 16.4. The van der Waals surface area contributed by atoms with Crippen molar-refractivity contribution in [1.82, 2.24) is 0 Å². The summed E-state index contributed by atoms with van der Waals surface area (Å²) in [6.07, 6.45) is 5.51. The average molecular weight is 376 g/mol. The Morgan fingerprint density at radius 2 is 1.52 bits per heavy atom. The second kappa shape index (κ2) is 19.7. The fourth-order valence-corrected chi connectivity index (χ4v) is 1.34. The SMILES string of the molecule is C=CC(=O)OCCC(C)C.C=CC(=O)OCCCO.C=Cc1ccccc1. The molecule has 0 aliphatic carbocycles. The minimum Gasteiger partial charge on any atom is -0.463 e. The van der Waals surface area contributed by atoms with Gasteiger partial charge in [-0.05, 0) is 17.9 Å². The van der Waals surface area contributed by atoms with Crippen LogP contribution in [-0.4, -0.2) is 36.9 Å². The zero-order valence-electron chi connectivity index (χ0n) is 16.4. The number of carbonyl (C=O) groups is 2. The number of hydrogen-bond acceptors (Lipinski definition) is 5. The topological polar surface area (TPSA) is 72.8 Å². The van der Waals surface area contributed by atoms with Crippen molar-refractivity contribution in [2.45, 2.75) is 26.7 Å². The molecule has 0 bridgehead atoms. The van der Waals surface area contributed by atoms with E-state index in [9.17, 15) is 9.59 Å². The molecule has 0 amide bonds. The number of aliphatic hydroxyl groups excluding tert-OH is 1. The molecular formula is C22H32O5. The van der Waals surface area contributed by atoms with Gasteiger partial charge in [0.25, 0.3) is 0 Å². The van der Waals surface area contributed by atoms with E-state index in [1.165, 1.54) is 11.6 Å². The van der Waals surface area contributed by atoms with Crippen molar-refractivity contribution in [1.29, 1.82) is 0 Å². The van der Waals surface area contributed by atoms with E-state index in [-0.39, 0.29) is 19.2 Å². The van der Waals surface area contributed by atoms with Crippen molar-refractivity contribution >= 4 is 18.0 Å². The molecule has 0 aliphatic heterocycles. The maximum absolute atomic E-state index is 10.5. The fraction of sp³-hybridized carbons (Fsp3) is 0.364. The third kappa shape index (κ3) is 21.3. The van der Waals surface area contributed by atoms with Crippen molar-refractivity contribution in [3.8, 4) is 0 Å². The van der Waals surface area contributed by atoms with Crippen LogP contribution in [0.5, 0.6) is 0 Å². The molecule has 150 valence electrons. The first-order valence-corrected chi connectivity index (χ1v) is 8.77. The number of ether oxygens (including phenoxy) is 2. The lowest BCUT2D eigenvalue weighted by Gasteiger charge is -2.03. The summed E-state index contributed by atoms with van der Waals surface area (Å²) >= 11 is 0. The Bertz CT molecular complexity index is 535. The Labute approximate surface area is 163 Å². The number of benzene rings is 1. The molecule has 0 aliphatic rings. The molecule has 1 rings (SSSR count). The van der Waals surface area contributed by atoms with E-state index in [1.54, 1.807) is 0 Å². The van der Waals surface area contributed by atoms with Gasteiger partial charge in [0.1, 0.15) is 0 Å². The standard InChI is InChI=1S/C8H14O2.C8H8.C6H10O3/c1-4-8(9)10-6-5-7(2)3;1-2-8-6-4-3-5-7-8;1-2-6(8)9-5-3-4-7/h4,7H,1,5-6H2,2-3H3;2-7H,1H2;2,7H,1,3-5H2. The maximum atomic E-state index is 10.5. The van der Waals surface area contributed by atoms with Crippen LogP contribution in [0.25, 0.3) is 6.08 Å². The van der Waals surface area contributed by atoms with Gasteiger partial charge in [0.05, 0.1) is 13.2 Å². The van der Waals surface area contributed by atoms with Gasteiger partial charge in [0, 0.05) is 25.2 Å². The lowest BCUT2D eigenvalue weighted by Crippen LogP contribution is -2.03. The van der Waals surface area contributed by atoms with E-state index in [2.05, 4.69) is 38.3 Å². The Balaban J connectivity index is 0. The summed E-state index contributed by atoms with van der Waals surface area (Å²) in [6, 6.07) is 10.0. The molecule has 0 saturated carbocycles. The van der Waals surface area contributed by atoms with Crippen molar-refractivity contribution in [3.05, 3.63) is 67.8 Å². The zero-order chi connectivity index (χ0) is 20.9. The highest BCUT2D eigenvalue weighted by molar-refractivity contribution is 5.81. The molecule has 0 fully saturated rings. The predicted octanol–water partition coefficient (Wildman–Crippen LogP) is 4.19. The minimum atomic E-state index is -0.441. The number of hydrogen-bond donors (Lipinski definition) is 1. The molecule has 0 heterocycles. The van der Waals surface area contributed by atoms with Crippen molar-refractivity contribution in [2.75, 3.05) is 19.8 Å². The summed E-state index contributed by atoms with van der Waals surface area (Å²) in [5.74, 6) is -0.193. The van der Waals surface area contributed by atoms with Gasteiger partial charge < -0.3 is 14.6 Å². The lowest BCUT2D eigenvalue weighted by molar-refractivity contribution is -0.138. The highest BCUT2D eigenvalue weighted by Gasteiger charge is 1.96. The van der Waals surface area contributed by atoms with Crippen LogP contribution in [0.1, 0.15) is 32.3 Å². The Morgan fingerprint density at radius 3 is 1.89 bits per heavy atom. The van der Waals surface area contributed by atoms with E-state index >= 15 is 0 Å². The van der Waals surface area contributed by atoms with Crippen LogP contribution < -0.4 is 0 Å². The predicted molar refractivity (Wildman–Crippen MR) is 110 cm³/mol. The van der Waals surface area contributed by atoms with Gasteiger partial charge in [-0.3, -0.25) is 0 Å². The first-order chi connectivity index (χ1) is 12.9. The molecule has 0 radical (unpaired) electrons. The highest BCUT2D eigenvalue weighted by atomic mass is 16.5. The number of esters is 2. The largest absolute Gasteiger partial charge is 0.463 e. The normalized spacial score (nSPS) is 8.89. The molecule has 1 aromatic carbocycles. The highest BCUT2D eigenvalue weighted by Crippen LogP contribution is 1.99. The maximum Gasteiger partial charge on any atom is 0.330 e. The molecule has 0 aromatic heterocycles. The van der Waals surface area contributed by atoms with Crippen molar-refractivity contribution in [3.63, 3.8) is 0 Å². The molecule has 1 aromatic rings. The number of aliphatic hydroxyl groups is 1. The first kappa shape index (κ1) is 26.6. The van der Waals surface area contributed by atoms with Crippen LogP contribution >= 0.6 is 0 Å². The van der Waals surface area contributed by atoms with E-state index in [0.717, 1.165) is 12.5 Å². The van der Waals surface area contributed by atoms with Gasteiger partial charge in [0.15, 0.2) is 0 Å². The molecule has 1 N–H and O–H groups in total. The van der Waals surface area contributed by atoms with Crippen LogP contribution in [0.2, 0.25) is 0 Å². The third-order valence-corrected chi connectivity index (χ3v) is 2.85. The van der Waals surface area contributed by atoms with Crippen molar-refractivity contribution in [2.24, 2.45) is 5.92 Å². The molecule has 5 heteroatoms. The van der Waals surface area contributed by atoms with Gasteiger partial charge in [-0.2, -0.15) is 0 Å². The van der Waals surface area contributed by atoms with Gasteiger partial charge in [-0.25, -0.2) is 9.59 Å². The van der Waals surface area contributed by atoms with E-state index < -0.39 is 5.97 Å². The van der Waals surface area contributed by atoms with Gasteiger partial charge in [0.2, 0.25) is 0 Å². The van der Waals surface area contributed by atoms with E-state index in [1.807, 2.05) is 36.4 Å². The van der Waals surface area contributed by atoms with Gasteiger partial charge in [-0.1, -0.05) is 70.0 Å². The van der Waals surface area contributed by atoms with Gasteiger partial charge >= 0.3 is 11.9 Å². The Hall–Kier alpha value is -2.66. The summed E-state index contributed by atoms with van der Waals surface area (Å²) in [7, 11) is 0. The molecule has 0 saturated heterocycles. The summed E-state index contributed by atoms with van der Waals surface area (Å²) in [6.45, 7) is 15.1. The van der Waals surface area contributed by atoms with Crippen LogP contribution in [0.3, 0.4) is 0 Å². The molecular weight excluding hydrogens is 344 g/mol. The number of carbonyl (C=O) groups excluding carboxylic acids is 2. The third-order valence-electron chi connectivity index (χ3n) is 2.85. The monoisotopic (exact) mass is 376 g/mol. The second-order valence-electron chi connectivity index (χ2n) is 5.62. The second-order valence-corrected chi connectivity index (χ2v) is 5.62. The van der Waals surface area contributed by atoms with Crippen LogP contribution in [0.15, 0.2) is 62.2 Å². The van der Waals surface area contributed by atoms with E-state index in [4.69, 9.17) is 9.84 Å². The lowest BCUT2D eigenvalue weighted by atomic mass is 10.1. The van der Waals surface area contributed by atoms with Crippen LogP contribution in [-0.2, 0) is 19.1 Å². The smallest absolute Gasteiger partial charge is 0.330 e. The minimum absolute atomic E-state index is 0.0461. The van der Waals surface area contributed by atoms with E-state index in [0.29, 0.717) is 18.9 Å². The molecule has 0 unspecified atom stereocenters. The first-order valence-electron chi connectivity index (χ1n) is 8.77. The summed E-state index contributed by atoms with van der Waals surface area (Å²) in [4.78, 5) is 20.7. The van der Waals surface area contributed by atoms with Crippen molar-refractivity contribution < 1.29 is 24.2 Å². The van der Waals surface area contributed by atoms with Crippen LogP contribution in [0.4, 0.5) is 0 Å². The number of rotatable bonds is 9. The Morgan fingerprint density at radius 1 is 1.00 bits per heavy atom. The average Bonchev–Trinajstić information content (AvgIpc) is 2.69. The summed E-state index contributed by atoms with van der Waals surface area (Å²) < 4.78 is 9.26. The quantitative estimate of drug-likeness (QED) is 0.397.